The van der Waals surface area contributed by atoms with Gasteiger partial charge in [-0.2, -0.15) is 0 Å². The van der Waals surface area contributed by atoms with Crippen molar-refractivity contribution in [2.45, 2.75) is 19.4 Å². The Morgan fingerprint density at radius 1 is 1.35 bits per heavy atom. The van der Waals surface area contributed by atoms with Gasteiger partial charge in [-0.25, -0.2) is 0 Å². The van der Waals surface area contributed by atoms with Crippen molar-refractivity contribution >= 4 is 11.8 Å². The fourth-order valence-corrected chi connectivity index (χ4v) is 1.41. The van der Waals surface area contributed by atoms with Crippen molar-refractivity contribution in [2.24, 2.45) is 11.5 Å². The number of hydrogen-bond acceptors (Lipinski definition) is 3. The molecule has 1 unspecified atom stereocenters. The van der Waals surface area contributed by atoms with E-state index >= 15 is 0 Å². The van der Waals surface area contributed by atoms with E-state index in [0.29, 0.717) is 17.7 Å². The highest BCUT2D eigenvalue weighted by Gasteiger charge is 2.11. The van der Waals surface area contributed by atoms with E-state index in [0.717, 1.165) is 6.42 Å². The normalized spacial score (nSPS) is 11.9. The maximum Gasteiger partial charge on any atom is 0.251 e. The molecule has 5 N–H and O–H groups in total. The summed E-state index contributed by atoms with van der Waals surface area (Å²) >= 11 is 0. The Hall–Kier alpha value is -1.88. The number of nitrogens with two attached hydrogens (primary N) is 2. The van der Waals surface area contributed by atoms with Gasteiger partial charge in [0, 0.05) is 23.7 Å². The molecule has 5 heteroatoms. The summed E-state index contributed by atoms with van der Waals surface area (Å²) in [6.45, 7) is 2.33. The monoisotopic (exact) mass is 235 g/mol. The zero-order valence-corrected chi connectivity index (χ0v) is 9.77. The van der Waals surface area contributed by atoms with Crippen molar-refractivity contribution in [3.8, 4) is 0 Å². The molecule has 1 atom stereocenters. The highest BCUT2D eigenvalue weighted by atomic mass is 16.2. The largest absolute Gasteiger partial charge is 0.366 e. The van der Waals surface area contributed by atoms with Crippen LogP contribution < -0.4 is 16.8 Å². The predicted octanol–water partition coefficient (Wildman–Crippen LogP) is 0.253. The number of rotatable bonds is 5. The number of amides is 2. The third kappa shape index (κ3) is 3.57. The zero-order chi connectivity index (χ0) is 12.8. The fraction of sp³-hybridized carbons (Fsp3) is 0.333. The standard InChI is InChI=1S/C12H17N3O2/c1-2-10(7-13)15-12(17)9-5-3-4-8(6-9)11(14)16/h3-6,10H,2,7,13H2,1H3,(H2,14,16)(H,15,17). The molecule has 0 aromatic heterocycles. The lowest BCUT2D eigenvalue weighted by Gasteiger charge is -2.14. The molecule has 1 aromatic carbocycles. The van der Waals surface area contributed by atoms with Gasteiger partial charge in [-0.05, 0) is 24.6 Å². The van der Waals surface area contributed by atoms with E-state index in [2.05, 4.69) is 5.32 Å². The number of carbonyl (C=O) groups is 2. The summed E-state index contributed by atoms with van der Waals surface area (Å²) in [5.74, 6) is -0.795. The molecule has 0 fully saturated rings. The highest BCUT2D eigenvalue weighted by Crippen LogP contribution is 2.05. The minimum Gasteiger partial charge on any atom is -0.366 e. The molecule has 0 aliphatic heterocycles. The first-order valence-corrected chi connectivity index (χ1v) is 5.49. The van der Waals surface area contributed by atoms with Gasteiger partial charge in [0.05, 0.1) is 0 Å². The van der Waals surface area contributed by atoms with Gasteiger partial charge in [-0.3, -0.25) is 9.59 Å². The maximum atomic E-state index is 11.8. The van der Waals surface area contributed by atoms with Crippen LogP contribution >= 0.6 is 0 Å². The Bertz CT molecular complexity index is 414. The first-order chi connectivity index (χ1) is 8.08. The van der Waals surface area contributed by atoms with Crippen LogP contribution in [0.5, 0.6) is 0 Å². The minimum absolute atomic E-state index is 0.0558. The van der Waals surface area contributed by atoms with E-state index in [-0.39, 0.29) is 11.9 Å². The van der Waals surface area contributed by atoms with E-state index in [9.17, 15) is 9.59 Å². The Kier molecular flexibility index (Phi) is 4.66. The van der Waals surface area contributed by atoms with Crippen LogP contribution in [-0.2, 0) is 0 Å². The molecule has 0 saturated heterocycles. The second-order valence-corrected chi connectivity index (χ2v) is 3.76. The van der Waals surface area contributed by atoms with E-state index < -0.39 is 5.91 Å². The van der Waals surface area contributed by atoms with Gasteiger partial charge in [0.1, 0.15) is 0 Å². The lowest BCUT2D eigenvalue weighted by atomic mass is 10.1. The summed E-state index contributed by atoms with van der Waals surface area (Å²) in [5, 5.41) is 2.78. The van der Waals surface area contributed by atoms with E-state index in [4.69, 9.17) is 11.5 Å². The number of carbonyl (C=O) groups excluding carboxylic acids is 2. The Morgan fingerprint density at radius 2 is 2.00 bits per heavy atom. The molecule has 2 amide bonds. The van der Waals surface area contributed by atoms with Crippen molar-refractivity contribution < 1.29 is 9.59 Å². The number of primary amides is 1. The molecule has 1 aromatic rings. The Labute approximate surface area is 100 Å². The summed E-state index contributed by atoms with van der Waals surface area (Å²) < 4.78 is 0. The molecule has 0 heterocycles. The first kappa shape index (κ1) is 13.2. The summed E-state index contributed by atoms with van der Waals surface area (Å²) in [6.07, 6.45) is 0.762. The van der Waals surface area contributed by atoms with Gasteiger partial charge in [0.15, 0.2) is 0 Å². The van der Waals surface area contributed by atoms with Gasteiger partial charge in [-0.1, -0.05) is 13.0 Å². The molecular formula is C12H17N3O2. The van der Waals surface area contributed by atoms with Crippen LogP contribution in [0.25, 0.3) is 0 Å². The first-order valence-electron chi connectivity index (χ1n) is 5.49. The predicted molar refractivity (Wildman–Crippen MR) is 65.6 cm³/mol. The van der Waals surface area contributed by atoms with Crippen molar-refractivity contribution in [1.82, 2.24) is 5.32 Å². The average molecular weight is 235 g/mol. The molecule has 0 radical (unpaired) electrons. The van der Waals surface area contributed by atoms with Crippen LogP contribution in [0, 0.1) is 0 Å². The van der Waals surface area contributed by atoms with Gasteiger partial charge in [0.25, 0.3) is 5.91 Å². The minimum atomic E-state index is -0.550. The summed E-state index contributed by atoms with van der Waals surface area (Å²) in [4.78, 5) is 22.8. The fourth-order valence-electron chi connectivity index (χ4n) is 1.41. The van der Waals surface area contributed by atoms with Crippen LogP contribution in [0.4, 0.5) is 0 Å². The third-order valence-corrected chi connectivity index (χ3v) is 2.52. The topological polar surface area (TPSA) is 98.2 Å². The van der Waals surface area contributed by atoms with Crippen molar-refractivity contribution in [3.63, 3.8) is 0 Å². The summed E-state index contributed by atoms with van der Waals surface area (Å²) in [7, 11) is 0. The van der Waals surface area contributed by atoms with E-state index in [1.807, 2.05) is 6.92 Å². The van der Waals surface area contributed by atoms with Crippen LogP contribution in [0.1, 0.15) is 34.1 Å². The third-order valence-electron chi connectivity index (χ3n) is 2.52. The lowest BCUT2D eigenvalue weighted by Crippen LogP contribution is -2.39. The molecule has 0 bridgehead atoms. The van der Waals surface area contributed by atoms with Crippen molar-refractivity contribution in [1.29, 1.82) is 0 Å². The number of hydrogen-bond donors (Lipinski definition) is 3. The zero-order valence-electron chi connectivity index (χ0n) is 9.77. The Morgan fingerprint density at radius 3 is 2.53 bits per heavy atom. The summed E-state index contributed by atoms with van der Waals surface area (Å²) in [6, 6.07) is 6.24. The van der Waals surface area contributed by atoms with Gasteiger partial charge in [0.2, 0.25) is 5.91 Å². The molecule has 92 valence electrons. The lowest BCUT2D eigenvalue weighted by molar-refractivity contribution is 0.0937. The van der Waals surface area contributed by atoms with Crippen LogP contribution in [0.3, 0.4) is 0 Å². The second kappa shape index (κ2) is 6.00. The maximum absolute atomic E-state index is 11.8. The SMILES string of the molecule is CCC(CN)NC(=O)c1cccc(C(N)=O)c1. The van der Waals surface area contributed by atoms with Gasteiger partial charge in [-0.15, -0.1) is 0 Å². The van der Waals surface area contributed by atoms with Crippen LogP contribution in [-0.4, -0.2) is 24.4 Å². The second-order valence-electron chi connectivity index (χ2n) is 3.76. The molecule has 0 spiro atoms. The molecule has 17 heavy (non-hydrogen) atoms. The van der Waals surface area contributed by atoms with Crippen LogP contribution in [0.2, 0.25) is 0 Å². The quantitative estimate of drug-likeness (QED) is 0.682. The number of benzene rings is 1. The molecule has 0 saturated carbocycles. The molecule has 0 aliphatic carbocycles. The summed E-state index contributed by atoms with van der Waals surface area (Å²) in [5.41, 5.74) is 11.4. The van der Waals surface area contributed by atoms with E-state index in [1.165, 1.54) is 6.07 Å². The Balaban J connectivity index is 2.82. The molecule has 1 rings (SSSR count). The van der Waals surface area contributed by atoms with Gasteiger partial charge >= 0.3 is 0 Å². The molecule has 5 nitrogen and oxygen atoms in total. The smallest absolute Gasteiger partial charge is 0.251 e. The van der Waals surface area contributed by atoms with Crippen LogP contribution in [0.15, 0.2) is 24.3 Å². The van der Waals surface area contributed by atoms with E-state index in [1.54, 1.807) is 18.2 Å². The van der Waals surface area contributed by atoms with Gasteiger partial charge < -0.3 is 16.8 Å². The average Bonchev–Trinajstić information content (AvgIpc) is 2.35. The highest BCUT2D eigenvalue weighted by molar-refractivity contribution is 5.99. The van der Waals surface area contributed by atoms with Crippen molar-refractivity contribution in [2.75, 3.05) is 6.54 Å². The molecular weight excluding hydrogens is 218 g/mol. The number of nitrogens with one attached hydrogen (secondary N) is 1. The van der Waals surface area contributed by atoms with Crippen molar-refractivity contribution in [3.05, 3.63) is 35.4 Å². The molecule has 0 aliphatic rings.